The Morgan fingerprint density at radius 2 is 2.20 bits per heavy atom. The third kappa shape index (κ3) is 3.89. The molecule has 20 heavy (non-hydrogen) atoms. The highest BCUT2D eigenvalue weighted by molar-refractivity contribution is 6.33. The molecule has 0 radical (unpaired) electrons. The molecular formula is C17H27ClN2. The van der Waals surface area contributed by atoms with Crippen LogP contribution in [0.1, 0.15) is 39.2 Å². The van der Waals surface area contributed by atoms with Crippen LogP contribution >= 0.6 is 11.6 Å². The van der Waals surface area contributed by atoms with Crippen molar-refractivity contribution in [2.24, 2.45) is 11.8 Å². The Bertz CT molecular complexity index is 431. The molecule has 1 N–H and O–H groups in total. The minimum atomic E-state index is 0.760. The lowest BCUT2D eigenvalue weighted by Gasteiger charge is -2.21. The summed E-state index contributed by atoms with van der Waals surface area (Å²) in [5.41, 5.74) is 2.47. The Kier molecular flexibility index (Phi) is 5.74. The molecule has 0 amide bonds. The van der Waals surface area contributed by atoms with Gasteiger partial charge in [0.2, 0.25) is 0 Å². The first-order chi connectivity index (χ1) is 9.61. The molecule has 0 bridgehead atoms. The number of hydrogen-bond acceptors (Lipinski definition) is 2. The fourth-order valence-electron chi connectivity index (χ4n) is 2.88. The molecular weight excluding hydrogens is 268 g/mol. The molecule has 1 aliphatic heterocycles. The number of nitrogens with zero attached hydrogens (tertiary/aromatic N) is 1. The van der Waals surface area contributed by atoms with Gasteiger partial charge in [0.05, 0.1) is 10.7 Å². The molecule has 1 unspecified atom stereocenters. The molecule has 0 aliphatic carbocycles. The van der Waals surface area contributed by atoms with Crippen molar-refractivity contribution in [2.45, 2.75) is 40.2 Å². The van der Waals surface area contributed by atoms with Crippen molar-refractivity contribution in [1.29, 1.82) is 0 Å². The van der Waals surface area contributed by atoms with E-state index >= 15 is 0 Å². The van der Waals surface area contributed by atoms with Crippen LogP contribution in [0.25, 0.3) is 0 Å². The SMILES string of the molecule is CCCNCc1ccc(N2CCC(C(C)C)C2)c(Cl)c1. The van der Waals surface area contributed by atoms with E-state index in [4.69, 9.17) is 11.6 Å². The Balaban J connectivity index is 1.99. The number of nitrogens with one attached hydrogen (secondary N) is 1. The average Bonchev–Trinajstić information content (AvgIpc) is 2.89. The van der Waals surface area contributed by atoms with E-state index < -0.39 is 0 Å². The normalized spacial score (nSPS) is 19.1. The topological polar surface area (TPSA) is 15.3 Å². The minimum Gasteiger partial charge on any atom is -0.370 e. The summed E-state index contributed by atoms with van der Waals surface area (Å²) >= 11 is 6.48. The first-order valence-electron chi connectivity index (χ1n) is 7.86. The molecule has 1 fully saturated rings. The summed E-state index contributed by atoms with van der Waals surface area (Å²) in [5, 5.41) is 4.31. The molecule has 1 aromatic rings. The van der Waals surface area contributed by atoms with E-state index in [0.29, 0.717) is 0 Å². The van der Waals surface area contributed by atoms with E-state index in [2.05, 4.69) is 49.2 Å². The van der Waals surface area contributed by atoms with E-state index in [1.807, 2.05) is 0 Å². The lowest BCUT2D eigenvalue weighted by Crippen LogP contribution is -2.21. The first kappa shape index (κ1) is 15.7. The van der Waals surface area contributed by atoms with Gasteiger partial charge in [-0.2, -0.15) is 0 Å². The average molecular weight is 295 g/mol. The van der Waals surface area contributed by atoms with Gasteiger partial charge in [-0.15, -0.1) is 0 Å². The Morgan fingerprint density at radius 3 is 2.80 bits per heavy atom. The van der Waals surface area contributed by atoms with Crippen LogP contribution in [0.2, 0.25) is 5.02 Å². The predicted octanol–water partition coefficient (Wildman–Crippen LogP) is 4.32. The summed E-state index contributed by atoms with van der Waals surface area (Å²) in [7, 11) is 0. The second-order valence-corrected chi connectivity index (χ2v) is 6.61. The molecule has 0 saturated carbocycles. The van der Waals surface area contributed by atoms with Gasteiger partial charge in [-0.3, -0.25) is 0 Å². The van der Waals surface area contributed by atoms with Gasteiger partial charge >= 0.3 is 0 Å². The minimum absolute atomic E-state index is 0.760. The summed E-state index contributed by atoms with van der Waals surface area (Å²) in [4.78, 5) is 2.44. The van der Waals surface area contributed by atoms with Crippen molar-refractivity contribution in [1.82, 2.24) is 5.32 Å². The third-order valence-corrected chi connectivity index (χ3v) is 4.58. The zero-order valence-corrected chi connectivity index (χ0v) is 13.7. The number of hydrogen-bond donors (Lipinski definition) is 1. The molecule has 1 atom stereocenters. The zero-order valence-electron chi connectivity index (χ0n) is 13.0. The monoisotopic (exact) mass is 294 g/mol. The summed E-state index contributed by atoms with van der Waals surface area (Å²) in [6.07, 6.45) is 2.45. The Labute approximate surface area is 128 Å². The maximum atomic E-state index is 6.48. The molecule has 1 saturated heterocycles. The number of anilines is 1. The van der Waals surface area contributed by atoms with Crippen molar-refractivity contribution in [2.75, 3.05) is 24.5 Å². The summed E-state index contributed by atoms with van der Waals surface area (Å²) in [6.45, 7) is 11.1. The first-order valence-corrected chi connectivity index (χ1v) is 8.23. The molecule has 2 nitrogen and oxygen atoms in total. The Morgan fingerprint density at radius 1 is 1.40 bits per heavy atom. The maximum absolute atomic E-state index is 6.48. The van der Waals surface area contributed by atoms with Crippen LogP contribution in [0, 0.1) is 11.8 Å². The van der Waals surface area contributed by atoms with Crippen LogP contribution < -0.4 is 10.2 Å². The van der Waals surface area contributed by atoms with E-state index in [1.54, 1.807) is 0 Å². The summed E-state index contributed by atoms with van der Waals surface area (Å²) in [6, 6.07) is 6.50. The molecule has 1 heterocycles. The molecule has 1 aromatic carbocycles. The van der Waals surface area contributed by atoms with Gasteiger partial charge in [-0.1, -0.05) is 38.4 Å². The second-order valence-electron chi connectivity index (χ2n) is 6.20. The van der Waals surface area contributed by atoms with E-state index in [9.17, 15) is 0 Å². The zero-order chi connectivity index (χ0) is 14.5. The van der Waals surface area contributed by atoms with Gasteiger partial charge in [0, 0.05) is 19.6 Å². The molecule has 0 aromatic heterocycles. The van der Waals surface area contributed by atoms with Crippen LogP contribution in [0.4, 0.5) is 5.69 Å². The van der Waals surface area contributed by atoms with Crippen LogP contribution in [0.3, 0.4) is 0 Å². The van der Waals surface area contributed by atoms with E-state index in [0.717, 1.165) is 49.5 Å². The smallest absolute Gasteiger partial charge is 0.0642 e. The van der Waals surface area contributed by atoms with Crippen molar-refractivity contribution in [3.05, 3.63) is 28.8 Å². The fraction of sp³-hybridized carbons (Fsp3) is 0.647. The van der Waals surface area contributed by atoms with Gasteiger partial charge in [-0.25, -0.2) is 0 Å². The highest BCUT2D eigenvalue weighted by atomic mass is 35.5. The molecule has 0 spiro atoms. The predicted molar refractivity (Wildman–Crippen MR) is 88.6 cm³/mol. The van der Waals surface area contributed by atoms with Gasteiger partial charge in [0.25, 0.3) is 0 Å². The van der Waals surface area contributed by atoms with Crippen LogP contribution in [-0.4, -0.2) is 19.6 Å². The van der Waals surface area contributed by atoms with Gasteiger partial charge in [0.1, 0.15) is 0 Å². The molecule has 1 aliphatic rings. The highest BCUT2D eigenvalue weighted by Gasteiger charge is 2.26. The number of rotatable bonds is 6. The van der Waals surface area contributed by atoms with E-state index in [-0.39, 0.29) is 0 Å². The van der Waals surface area contributed by atoms with Crippen LogP contribution in [0.5, 0.6) is 0 Å². The number of benzene rings is 1. The Hall–Kier alpha value is -0.730. The molecule has 3 heteroatoms. The van der Waals surface area contributed by atoms with Crippen molar-refractivity contribution < 1.29 is 0 Å². The van der Waals surface area contributed by atoms with E-state index in [1.165, 1.54) is 17.7 Å². The van der Waals surface area contributed by atoms with Gasteiger partial charge in [0.15, 0.2) is 0 Å². The quantitative estimate of drug-likeness (QED) is 0.786. The van der Waals surface area contributed by atoms with Crippen molar-refractivity contribution in [3.63, 3.8) is 0 Å². The summed E-state index contributed by atoms with van der Waals surface area (Å²) < 4.78 is 0. The lowest BCUT2D eigenvalue weighted by atomic mass is 9.95. The maximum Gasteiger partial charge on any atom is 0.0642 e. The van der Waals surface area contributed by atoms with Gasteiger partial charge in [-0.05, 0) is 48.9 Å². The van der Waals surface area contributed by atoms with Crippen molar-refractivity contribution in [3.8, 4) is 0 Å². The van der Waals surface area contributed by atoms with Crippen molar-refractivity contribution >= 4 is 17.3 Å². The molecule has 2 rings (SSSR count). The fourth-order valence-corrected chi connectivity index (χ4v) is 3.20. The van der Waals surface area contributed by atoms with Crippen LogP contribution in [0.15, 0.2) is 18.2 Å². The standard InChI is InChI=1S/C17H27ClN2/c1-4-8-19-11-14-5-6-17(16(18)10-14)20-9-7-15(12-20)13(2)3/h5-6,10,13,15,19H,4,7-9,11-12H2,1-3H3. The third-order valence-electron chi connectivity index (χ3n) is 4.28. The highest BCUT2D eigenvalue weighted by Crippen LogP contribution is 2.33. The largest absolute Gasteiger partial charge is 0.370 e. The summed E-state index contributed by atoms with van der Waals surface area (Å²) in [5.74, 6) is 1.56. The molecule has 112 valence electrons. The van der Waals surface area contributed by atoms with Crippen LogP contribution in [-0.2, 0) is 6.54 Å². The second kappa shape index (κ2) is 7.33. The van der Waals surface area contributed by atoms with Gasteiger partial charge < -0.3 is 10.2 Å². The number of halogens is 1. The lowest BCUT2D eigenvalue weighted by molar-refractivity contribution is 0.423.